The van der Waals surface area contributed by atoms with E-state index in [-0.39, 0.29) is 0 Å². The molecule has 1 aromatic rings. The molecule has 2 aliphatic heterocycles. The Hall–Kier alpha value is -0.650. The molecular formula is C15H22BrN3O. The maximum Gasteiger partial charge on any atom is 0.127 e. The van der Waals surface area contributed by atoms with E-state index in [9.17, 15) is 0 Å². The Bertz CT molecular complexity index is 429. The molecule has 3 heterocycles. The molecule has 1 aromatic heterocycles. The van der Waals surface area contributed by atoms with Gasteiger partial charge in [-0.2, -0.15) is 0 Å². The van der Waals surface area contributed by atoms with Gasteiger partial charge < -0.3 is 15.0 Å². The second kappa shape index (κ2) is 6.87. The lowest BCUT2D eigenvalue weighted by atomic mass is 10.0. The number of anilines is 1. The fourth-order valence-corrected chi connectivity index (χ4v) is 3.38. The van der Waals surface area contributed by atoms with E-state index in [2.05, 4.69) is 31.1 Å². The van der Waals surface area contributed by atoms with Crippen LogP contribution in [0.5, 0.6) is 0 Å². The molecule has 4 nitrogen and oxygen atoms in total. The molecule has 0 bridgehead atoms. The summed E-state index contributed by atoms with van der Waals surface area (Å²) in [6.45, 7) is 5.49. The van der Waals surface area contributed by atoms with E-state index in [4.69, 9.17) is 4.74 Å². The van der Waals surface area contributed by atoms with Gasteiger partial charge in [0.25, 0.3) is 0 Å². The van der Waals surface area contributed by atoms with Crippen LogP contribution < -0.4 is 5.32 Å². The fourth-order valence-electron chi connectivity index (χ4n) is 3.05. The first-order valence-electron chi connectivity index (χ1n) is 7.48. The van der Waals surface area contributed by atoms with Crippen LogP contribution in [0.3, 0.4) is 0 Å². The van der Waals surface area contributed by atoms with E-state index in [1.54, 1.807) is 0 Å². The summed E-state index contributed by atoms with van der Waals surface area (Å²) in [4.78, 5) is 6.95. The zero-order valence-electron chi connectivity index (χ0n) is 11.7. The van der Waals surface area contributed by atoms with Crippen LogP contribution in [0.1, 0.15) is 19.3 Å². The highest BCUT2D eigenvalue weighted by Crippen LogP contribution is 2.20. The number of nitrogens with zero attached hydrogens (tertiary/aromatic N) is 2. The van der Waals surface area contributed by atoms with Crippen molar-refractivity contribution in [2.75, 3.05) is 38.2 Å². The van der Waals surface area contributed by atoms with Crippen LogP contribution in [0.4, 0.5) is 5.82 Å². The van der Waals surface area contributed by atoms with Crippen LogP contribution in [0.2, 0.25) is 0 Å². The number of likely N-dealkylation sites (tertiary alicyclic amines) is 1. The standard InChI is InChI=1S/C15H22BrN3O/c16-13-1-5-17-15(9-13)18-14-2-6-19(7-3-14)10-12-4-8-20-11-12/h1,5,9,12,14H,2-4,6-8,10-11H2,(H,17,18)/t12-/m0/s1. The van der Waals surface area contributed by atoms with Gasteiger partial charge in [0.15, 0.2) is 0 Å². The van der Waals surface area contributed by atoms with Crippen molar-refractivity contribution in [2.24, 2.45) is 5.92 Å². The molecule has 110 valence electrons. The Kier molecular flexibility index (Phi) is 4.91. The van der Waals surface area contributed by atoms with Gasteiger partial charge in [-0.3, -0.25) is 0 Å². The minimum Gasteiger partial charge on any atom is -0.381 e. The summed E-state index contributed by atoms with van der Waals surface area (Å²) < 4.78 is 6.54. The zero-order valence-corrected chi connectivity index (χ0v) is 13.3. The molecule has 0 amide bonds. The molecule has 0 aromatic carbocycles. The molecule has 20 heavy (non-hydrogen) atoms. The van der Waals surface area contributed by atoms with E-state index in [1.807, 2.05) is 18.3 Å². The van der Waals surface area contributed by atoms with Gasteiger partial charge in [-0.15, -0.1) is 0 Å². The number of halogens is 1. The predicted octanol–water partition coefficient (Wildman–Crippen LogP) is 2.76. The van der Waals surface area contributed by atoms with Crippen molar-refractivity contribution in [2.45, 2.75) is 25.3 Å². The van der Waals surface area contributed by atoms with Crippen LogP contribution in [-0.4, -0.2) is 48.8 Å². The summed E-state index contributed by atoms with van der Waals surface area (Å²) in [6, 6.07) is 4.55. The first-order valence-corrected chi connectivity index (χ1v) is 8.27. The monoisotopic (exact) mass is 339 g/mol. The van der Waals surface area contributed by atoms with Gasteiger partial charge in [-0.05, 0) is 37.3 Å². The largest absolute Gasteiger partial charge is 0.381 e. The summed E-state index contributed by atoms with van der Waals surface area (Å²) in [5.41, 5.74) is 0. The van der Waals surface area contributed by atoms with Gasteiger partial charge in [0, 0.05) is 43.0 Å². The van der Waals surface area contributed by atoms with Gasteiger partial charge in [0.2, 0.25) is 0 Å². The number of hydrogen-bond acceptors (Lipinski definition) is 4. The van der Waals surface area contributed by atoms with E-state index in [1.165, 1.54) is 38.9 Å². The van der Waals surface area contributed by atoms with E-state index >= 15 is 0 Å². The van der Waals surface area contributed by atoms with Crippen LogP contribution >= 0.6 is 15.9 Å². The number of nitrogens with one attached hydrogen (secondary N) is 1. The number of ether oxygens (including phenoxy) is 1. The Morgan fingerprint density at radius 3 is 2.90 bits per heavy atom. The molecule has 0 unspecified atom stereocenters. The molecule has 0 aliphatic carbocycles. The van der Waals surface area contributed by atoms with Crippen molar-refractivity contribution in [1.29, 1.82) is 0 Å². The molecule has 3 rings (SSSR count). The number of aromatic nitrogens is 1. The molecular weight excluding hydrogens is 318 g/mol. The van der Waals surface area contributed by atoms with Gasteiger partial charge in [0.05, 0.1) is 6.61 Å². The molecule has 1 N–H and O–H groups in total. The third kappa shape index (κ3) is 3.93. The molecule has 2 saturated heterocycles. The van der Waals surface area contributed by atoms with Crippen LogP contribution in [-0.2, 0) is 4.74 Å². The molecule has 2 aliphatic rings. The number of hydrogen-bond donors (Lipinski definition) is 1. The lowest BCUT2D eigenvalue weighted by Crippen LogP contribution is -2.41. The minimum atomic E-state index is 0.549. The van der Waals surface area contributed by atoms with Crippen LogP contribution in [0, 0.1) is 5.92 Å². The quantitative estimate of drug-likeness (QED) is 0.915. The zero-order chi connectivity index (χ0) is 13.8. The van der Waals surface area contributed by atoms with Crippen molar-refractivity contribution in [1.82, 2.24) is 9.88 Å². The molecule has 0 spiro atoms. The summed E-state index contributed by atoms with van der Waals surface area (Å²) >= 11 is 3.49. The highest BCUT2D eigenvalue weighted by Gasteiger charge is 2.23. The van der Waals surface area contributed by atoms with Crippen molar-refractivity contribution in [3.63, 3.8) is 0 Å². The molecule has 5 heteroatoms. The molecule has 2 fully saturated rings. The second-order valence-corrected chi connectivity index (χ2v) is 6.72. The number of rotatable bonds is 4. The Labute approximate surface area is 129 Å². The summed E-state index contributed by atoms with van der Waals surface area (Å²) in [5, 5.41) is 3.54. The van der Waals surface area contributed by atoms with Crippen LogP contribution in [0.25, 0.3) is 0 Å². The average molecular weight is 340 g/mol. The summed E-state index contributed by atoms with van der Waals surface area (Å²) in [5.74, 6) is 1.73. The smallest absolute Gasteiger partial charge is 0.127 e. The minimum absolute atomic E-state index is 0.549. The SMILES string of the molecule is Brc1ccnc(NC2CCN(C[C@@H]3CCOC3)CC2)c1. The average Bonchev–Trinajstić information content (AvgIpc) is 2.94. The highest BCUT2D eigenvalue weighted by molar-refractivity contribution is 9.10. The van der Waals surface area contributed by atoms with Crippen molar-refractivity contribution >= 4 is 21.7 Å². The van der Waals surface area contributed by atoms with Gasteiger partial charge in [-0.1, -0.05) is 15.9 Å². The lowest BCUT2D eigenvalue weighted by molar-refractivity contribution is 0.154. The highest BCUT2D eigenvalue weighted by atomic mass is 79.9. The molecule has 0 radical (unpaired) electrons. The van der Waals surface area contributed by atoms with Crippen molar-refractivity contribution in [3.8, 4) is 0 Å². The third-order valence-electron chi connectivity index (χ3n) is 4.20. The normalized spacial score (nSPS) is 24.9. The van der Waals surface area contributed by atoms with Crippen molar-refractivity contribution in [3.05, 3.63) is 22.8 Å². The third-order valence-corrected chi connectivity index (χ3v) is 4.70. The summed E-state index contributed by atoms with van der Waals surface area (Å²) in [7, 11) is 0. The van der Waals surface area contributed by atoms with Gasteiger partial charge in [-0.25, -0.2) is 4.98 Å². The maximum absolute atomic E-state index is 5.46. The number of pyridine rings is 1. The van der Waals surface area contributed by atoms with Gasteiger partial charge >= 0.3 is 0 Å². The van der Waals surface area contributed by atoms with Crippen LogP contribution in [0.15, 0.2) is 22.8 Å². The molecule has 0 saturated carbocycles. The van der Waals surface area contributed by atoms with E-state index < -0.39 is 0 Å². The van der Waals surface area contributed by atoms with E-state index in [0.29, 0.717) is 6.04 Å². The second-order valence-electron chi connectivity index (χ2n) is 5.81. The first kappa shape index (κ1) is 14.3. The topological polar surface area (TPSA) is 37.4 Å². The lowest BCUT2D eigenvalue weighted by Gasteiger charge is -2.33. The van der Waals surface area contributed by atoms with Crippen molar-refractivity contribution < 1.29 is 4.74 Å². The first-order chi connectivity index (χ1) is 9.79. The molecule has 1 atom stereocenters. The number of piperidine rings is 1. The predicted molar refractivity (Wildman–Crippen MR) is 83.9 cm³/mol. The maximum atomic E-state index is 5.46. The Balaban J connectivity index is 1.43. The Morgan fingerprint density at radius 2 is 2.20 bits per heavy atom. The Morgan fingerprint density at radius 1 is 1.35 bits per heavy atom. The summed E-state index contributed by atoms with van der Waals surface area (Å²) in [6.07, 6.45) is 5.46. The fraction of sp³-hybridized carbons (Fsp3) is 0.667. The van der Waals surface area contributed by atoms with Gasteiger partial charge in [0.1, 0.15) is 5.82 Å². The van der Waals surface area contributed by atoms with E-state index in [0.717, 1.165) is 29.4 Å².